The van der Waals surface area contributed by atoms with Crippen molar-refractivity contribution in [1.82, 2.24) is 9.88 Å². The Morgan fingerprint density at radius 1 is 1.24 bits per heavy atom. The third-order valence-corrected chi connectivity index (χ3v) is 3.07. The Labute approximate surface area is 123 Å². The molecule has 1 aromatic carbocycles. The molecule has 0 saturated carbocycles. The van der Waals surface area contributed by atoms with Gasteiger partial charge in [0.05, 0.1) is 5.56 Å². The lowest BCUT2D eigenvalue weighted by Gasteiger charge is -2.10. The van der Waals surface area contributed by atoms with Gasteiger partial charge >= 0.3 is 0 Å². The molecule has 21 heavy (non-hydrogen) atoms. The summed E-state index contributed by atoms with van der Waals surface area (Å²) in [6.07, 6.45) is 2.11. The quantitative estimate of drug-likeness (QED) is 0.919. The van der Waals surface area contributed by atoms with Crippen molar-refractivity contribution in [3.63, 3.8) is 0 Å². The molecule has 1 amide bonds. The fraction of sp³-hybridized carbons (Fsp3) is 0.250. The molecule has 5 heteroatoms. The number of carbonyl (C=O) groups excluding carboxylic acids is 1. The van der Waals surface area contributed by atoms with Gasteiger partial charge in [-0.25, -0.2) is 9.37 Å². The van der Waals surface area contributed by atoms with Gasteiger partial charge in [0.2, 0.25) is 0 Å². The Bertz CT molecular complexity index is 611. The Balaban J connectivity index is 1.90. The highest BCUT2D eigenvalue weighted by Crippen LogP contribution is 2.09. The first-order valence-electron chi connectivity index (χ1n) is 6.73. The van der Waals surface area contributed by atoms with E-state index >= 15 is 0 Å². The SMILES string of the molecule is CN(C)C(=O)c1ccc(NCCc2ccccc2F)nc1. The van der Waals surface area contributed by atoms with Gasteiger partial charge in [-0.2, -0.15) is 0 Å². The van der Waals surface area contributed by atoms with Crippen LogP contribution in [0.5, 0.6) is 0 Å². The molecule has 110 valence electrons. The lowest BCUT2D eigenvalue weighted by atomic mass is 10.1. The zero-order valence-electron chi connectivity index (χ0n) is 12.1. The predicted octanol–water partition coefficient (Wildman–Crippen LogP) is 2.58. The van der Waals surface area contributed by atoms with Crippen LogP contribution in [0.1, 0.15) is 15.9 Å². The van der Waals surface area contributed by atoms with Crippen LogP contribution >= 0.6 is 0 Å². The van der Waals surface area contributed by atoms with E-state index in [2.05, 4.69) is 10.3 Å². The van der Waals surface area contributed by atoms with Crippen LogP contribution in [0.3, 0.4) is 0 Å². The van der Waals surface area contributed by atoms with Crippen LogP contribution in [-0.2, 0) is 6.42 Å². The molecule has 0 aliphatic carbocycles. The number of nitrogens with zero attached hydrogens (tertiary/aromatic N) is 2. The van der Waals surface area contributed by atoms with Crippen LogP contribution in [0.2, 0.25) is 0 Å². The van der Waals surface area contributed by atoms with Gasteiger partial charge in [0, 0.05) is 26.8 Å². The van der Waals surface area contributed by atoms with Crippen molar-refractivity contribution in [2.75, 3.05) is 26.0 Å². The van der Waals surface area contributed by atoms with E-state index in [0.717, 1.165) is 0 Å². The van der Waals surface area contributed by atoms with Gasteiger partial charge in [0.1, 0.15) is 11.6 Å². The molecule has 0 radical (unpaired) electrons. The van der Waals surface area contributed by atoms with Crippen LogP contribution in [0, 0.1) is 5.82 Å². The molecule has 0 aliphatic heterocycles. The van der Waals surface area contributed by atoms with Gasteiger partial charge in [-0.3, -0.25) is 4.79 Å². The monoisotopic (exact) mass is 287 g/mol. The first-order valence-corrected chi connectivity index (χ1v) is 6.73. The fourth-order valence-corrected chi connectivity index (χ4v) is 1.91. The minimum absolute atomic E-state index is 0.0830. The molecule has 2 rings (SSSR count). The molecule has 0 bridgehead atoms. The lowest BCUT2D eigenvalue weighted by molar-refractivity contribution is 0.0827. The van der Waals surface area contributed by atoms with Crippen molar-refractivity contribution in [3.8, 4) is 0 Å². The summed E-state index contributed by atoms with van der Waals surface area (Å²) in [6.45, 7) is 0.578. The van der Waals surface area contributed by atoms with Crippen molar-refractivity contribution in [1.29, 1.82) is 0 Å². The van der Waals surface area contributed by atoms with Crippen molar-refractivity contribution < 1.29 is 9.18 Å². The van der Waals surface area contributed by atoms with E-state index in [1.165, 1.54) is 17.2 Å². The van der Waals surface area contributed by atoms with E-state index in [1.54, 1.807) is 38.4 Å². The van der Waals surface area contributed by atoms with Crippen LogP contribution < -0.4 is 5.32 Å². The molecular weight excluding hydrogens is 269 g/mol. The standard InChI is InChI=1S/C16H18FN3O/c1-20(2)16(21)13-7-8-15(19-11-13)18-10-9-12-5-3-4-6-14(12)17/h3-8,11H,9-10H2,1-2H3,(H,18,19). The lowest BCUT2D eigenvalue weighted by Crippen LogP contribution is -2.21. The summed E-state index contributed by atoms with van der Waals surface area (Å²) in [6, 6.07) is 10.2. The highest BCUT2D eigenvalue weighted by molar-refractivity contribution is 5.93. The van der Waals surface area contributed by atoms with Gasteiger partial charge in [0.25, 0.3) is 5.91 Å². The Kier molecular flexibility index (Phi) is 4.87. The summed E-state index contributed by atoms with van der Waals surface area (Å²) in [5.74, 6) is 0.390. The number of hydrogen-bond donors (Lipinski definition) is 1. The van der Waals surface area contributed by atoms with Crippen LogP contribution in [-0.4, -0.2) is 36.4 Å². The number of hydrogen-bond acceptors (Lipinski definition) is 3. The number of nitrogens with one attached hydrogen (secondary N) is 1. The van der Waals surface area contributed by atoms with Gasteiger partial charge in [-0.1, -0.05) is 18.2 Å². The number of aromatic nitrogens is 1. The number of carbonyl (C=O) groups is 1. The summed E-state index contributed by atoms with van der Waals surface area (Å²) < 4.78 is 13.4. The summed E-state index contributed by atoms with van der Waals surface area (Å²) in [4.78, 5) is 17.4. The zero-order valence-corrected chi connectivity index (χ0v) is 12.1. The average molecular weight is 287 g/mol. The molecule has 0 aliphatic rings. The van der Waals surface area contributed by atoms with Gasteiger partial charge in [-0.05, 0) is 30.2 Å². The Morgan fingerprint density at radius 2 is 2.00 bits per heavy atom. The number of anilines is 1. The molecule has 0 unspecified atom stereocenters. The number of halogens is 1. The Hall–Kier alpha value is -2.43. The van der Waals surface area contributed by atoms with Crippen LogP contribution in [0.15, 0.2) is 42.6 Å². The number of amides is 1. The molecule has 0 spiro atoms. The highest BCUT2D eigenvalue weighted by Gasteiger charge is 2.08. The van der Waals surface area contributed by atoms with Crippen molar-refractivity contribution in [3.05, 3.63) is 59.5 Å². The summed E-state index contributed by atoms with van der Waals surface area (Å²) in [5, 5.41) is 3.11. The van der Waals surface area contributed by atoms with E-state index in [9.17, 15) is 9.18 Å². The summed E-state index contributed by atoms with van der Waals surface area (Å²) >= 11 is 0. The summed E-state index contributed by atoms with van der Waals surface area (Å²) in [5.41, 5.74) is 1.21. The van der Waals surface area contributed by atoms with E-state index in [4.69, 9.17) is 0 Å². The van der Waals surface area contributed by atoms with Gasteiger partial charge in [0.15, 0.2) is 0 Å². The first kappa shape index (κ1) is 15.0. The molecule has 0 saturated heterocycles. The second-order valence-corrected chi connectivity index (χ2v) is 4.90. The molecule has 1 N–H and O–H groups in total. The smallest absolute Gasteiger partial charge is 0.254 e. The number of pyridine rings is 1. The largest absolute Gasteiger partial charge is 0.370 e. The van der Waals surface area contributed by atoms with Crippen LogP contribution in [0.4, 0.5) is 10.2 Å². The zero-order chi connectivity index (χ0) is 15.2. The van der Waals surface area contributed by atoms with Gasteiger partial charge < -0.3 is 10.2 Å². The highest BCUT2D eigenvalue weighted by atomic mass is 19.1. The maximum Gasteiger partial charge on any atom is 0.254 e. The van der Waals surface area contributed by atoms with Crippen molar-refractivity contribution >= 4 is 11.7 Å². The number of benzene rings is 1. The van der Waals surface area contributed by atoms with E-state index in [-0.39, 0.29) is 11.7 Å². The van der Waals surface area contributed by atoms with E-state index < -0.39 is 0 Å². The molecule has 2 aromatic rings. The maximum atomic E-state index is 13.4. The molecular formula is C16H18FN3O. The van der Waals surface area contributed by atoms with E-state index in [1.807, 2.05) is 6.07 Å². The minimum Gasteiger partial charge on any atom is -0.370 e. The van der Waals surface area contributed by atoms with E-state index in [0.29, 0.717) is 29.9 Å². The molecule has 0 atom stereocenters. The molecule has 1 aromatic heterocycles. The minimum atomic E-state index is -0.195. The number of rotatable bonds is 5. The molecule has 1 heterocycles. The second-order valence-electron chi connectivity index (χ2n) is 4.90. The molecule has 4 nitrogen and oxygen atoms in total. The average Bonchev–Trinajstić information content (AvgIpc) is 2.49. The first-order chi connectivity index (χ1) is 10.1. The third-order valence-electron chi connectivity index (χ3n) is 3.07. The van der Waals surface area contributed by atoms with Crippen LogP contribution in [0.25, 0.3) is 0 Å². The Morgan fingerprint density at radius 3 is 2.62 bits per heavy atom. The molecule has 0 fully saturated rings. The third kappa shape index (κ3) is 4.02. The summed E-state index contributed by atoms with van der Waals surface area (Å²) in [7, 11) is 3.39. The predicted molar refractivity (Wildman–Crippen MR) is 80.8 cm³/mol. The van der Waals surface area contributed by atoms with Gasteiger partial charge in [-0.15, -0.1) is 0 Å². The maximum absolute atomic E-state index is 13.4. The second kappa shape index (κ2) is 6.83. The van der Waals surface area contributed by atoms with Crippen molar-refractivity contribution in [2.45, 2.75) is 6.42 Å². The van der Waals surface area contributed by atoms with Crippen molar-refractivity contribution in [2.24, 2.45) is 0 Å². The fourth-order valence-electron chi connectivity index (χ4n) is 1.91. The topological polar surface area (TPSA) is 45.2 Å². The normalized spacial score (nSPS) is 10.2.